The number of unbranched alkanes of at least 4 members (excludes halogenated alkanes) is 1. The Morgan fingerprint density at radius 1 is 1.07 bits per heavy atom. The maximum atomic E-state index is 10.5. The molecular formula is C23H29NO3. The second-order valence-corrected chi connectivity index (χ2v) is 6.55. The topological polar surface area (TPSA) is 58.6 Å². The first-order valence-corrected chi connectivity index (χ1v) is 9.51. The Balaban J connectivity index is 1.65. The van der Waals surface area contributed by atoms with Gasteiger partial charge in [0.25, 0.3) is 0 Å². The van der Waals surface area contributed by atoms with Crippen LogP contribution < -0.4 is 10.1 Å². The minimum atomic E-state index is -0.779. The fourth-order valence-electron chi connectivity index (χ4n) is 2.72. The van der Waals surface area contributed by atoms with Gasteiger partial charge in [0.15, 0.2) is 0 Å². The van der Waals surface area contributed by atoms with Gasteiger partial charge in [0.2, 0.25) is 0 Å². The van der Waals surface area contributed by atoms with E-state index in [2.05, 4.69) is 54.7 Å². The Morgan fingerprint density at radius 3 is 2.52 bits per heavy atom. The van der Waals surface area contributed by atoms with Gasteiger partial charge < -0.3 is 15.2 Å². The predicted octanol–water partition coefficient (Wildman–Crippen LogP) is 4.56. The molecule has 0 aromatic heterocycles. The van der Waals surface area contributed by atoms with Crippen molar-refractivity contribution in [3.63, 3.8) is 0 Å². The number of carboxylic acid groups (broad SMARTS) is 1. The molecule has 0 radical (unpaired) electrons. The van der Waals surface area contributed by atoms with Crippen LogP contribution in [0.1, 0.15) is 37.3 Å². The van der Waals surface area contributed by atoms with Gasteiger partial charge in [-0.05, 0) is 55.0 Å². The van der Waals surface area contributed by atoms with Gasteiger partial charge in [-0.25, -0.2) is 0 Å². The molecule has 144 valence electrons. The standard InChI is InChI=1S/C23H29NO3/c1-19(14-16-24-17-15-23(25)26)21-10-12-22(13-11-21)27-18-6-5-9-20-7-3-2-4-8-20/h2-4,7-8,10-14,24H,5-6,9,15-18H2,1H3,(H,25,26)/b19-14+. The summed E-state index contributed by atoms with van der Waals surface area (Å²) in [4.78, 5) is 10.5. The van der Waals surface area contributed by atoms with Crippen molar-refractivity contribution in [2.75, 3.05) is 19.7 Å². The van der Waals surface area contributed by atoms with E-state index in [9.17, 15) is 4.79 Å². The zero-order valence-electron chi connectivity index (χ0n) is 16.0. The SMILES string of the molecule is C/C(=C\CNCCC(=O)O)c1ccc(OCCCCc2ccccc2)cc1. The van der Waals surface area contributed by atoms with Gasteiger partial charge in [0.1, 0.15) is 5.75 Å². The lowest BCUT2D eigenvalue weighted by molar-refractivity contribution is -0.136. The molecule has 0 fully saturated rings. The summed E-state index contributed by atoms with van der Waals surface area (Å²) in [7, 11) is 0. The number of carboxylic acids is 1. The van der Waals surface area contributed by atoms with Gasteiger partial charge in [0.05, 0.1) is 13.0 Å². The highest BCUT2D eigenvalue weighted by molar-refractivity contribution is 5.67. The number of allylic oxidation sites excluding steroid dienone is 1. The first-order chi connectivity index (χ1) is 13.1. The minimum absolute atomic E-state index is 0.143. The molecule has 4 heteroatoms. The van der Waals surface area contributed by atoms with E-state index in [4.69, 9.17) is 9.84 Å². The molecule has 2 rings (SSSR count). The van der Waals surface area contributed by atoms with E-state index in [0.29, 0.717) is 13.1 Å². The molecule has 4 nitrogen and oxygen atoms in total. The minimum Gasteiger partial charge on any atom is -0.494 e. The highest BCUT2D eigenvalue weighted by Crippen LogP contribution is 2.18. The molecule has 0 unspecified atom stereocenters. The molecule has 0 spiro atoms. The molecule has 2 N–H and O–H groups in total. The lowest BCUT2D eigenvalue weighted by atomic mass is 10.1. The largest absolute Gasteiger partial charge is 0.494 e. The summed E-state index contributed by atoms with van der Waals surface area (Å²) >= 11 is 0. The molecule has 0 aliphatic heterocycles. The van der Waals surface area contributed by atoms with Crippen LogP contribution >= 0.6 is 0 Å². The van der Waals surface area contributed by atoms with Crippen LogP contribution in [0.3, 0.4) is 0 Å². The second-order valence-electron chi connectivity index (χ2n) is 6.55. The number of hydrogen-bond acceptors (Lipinski definition) is 3. The number of aryl methyl sites for hydroxylation is 1. The number of nitrogens with one attached hydrogen (secondary N) is 1. The van der Waals surface area contributed by atoms with Crippen LogP contribution in [0.5, 0.6) is 5.75 Å². The second kappa shape index (κ2) is 11.9. The molecule has 0 heterocycles. The Bertz CT molecular complexity index is 708. The number of rotatable bonds is 12. The van der Waals surface area contributed by atoms with Crippen LogP contribution in [0.2, 0.25) is 0 Å². The van der Waals surface area contributed by atoms with Crippen molar-refractivity contribution in [3.05, 3.63) is 71.8 Å². The summed E-state index contributed by atoms with van der Waals surface area (Å²) in [5.41, 5.74) is 3.68. The highest BCUT2D eigenvalue weighted by Gasteiger charge is 1.99. The van der Waals surface area contributed by atoms with E-state index in [0.717, 1.165) is 42.8 Å². The van der Waals surface area contributed by atoms with Crippen molar-refractivity contribution in [2.24, 2.45) is 0 Å². The molecule has 0 amide bonds. The average molecular weight is 367 g/mol. The van der Waals surface area contributed by atoms with Gasteiger partial charge in [-0.15, -0.1) is 0 Å². The fraction of sp³-hybridized carbons (Fsp3) is 0.348. The Kier molecular flexibility index (Phi) is 9.14. The Hall–Kier alpha value is -2.59. The predicted molar refractivity (Wildman–Crippen MR) is 110 cm³/mol. The van der Waals surface area contributed by atoms with E-state index >= 15 is 0 Å². The highest BCUT2D eigenvalue weighted by atomic mass is 16.5. The number of carbonyl (C=O) groups is 1. The van der Waals surface area contributed by atoms with Crippen molar-refractivity contribution in [2.45, 2.75) is 32.6 Å². The molecule has 0 saturated carbocycles. The lowest BCUT2D eigenvalue weighted by Gasteiger charge is -2.08. The molecule has 0 bridgehead atoms. The van der Waals surface area contributed by atoms with Crippen molar-refractivity contribution < 1.29 is 14.6 Å². The van der Waals surface area contributed by atoms with Crippen LogP contribution in [0.25, 0.3) is 5.57 Å². The fourth-order valence-corrected chi connectivity index (χ4v) is 2.72. The van der Waals surface area contributed by atoms with Crippen molar-refractivity contribution in [1.82, 2.24) is 5.32 Å². The van der Waals surface area contributed by atoms with E-state index in [-0.39, 0.29) is 6.42 Å². The molecule has 2 aromatic carbocycles. The molecule has 2 aromatic rings. The number of aliphatic carboxylic acids is 1. The average Bonchev–Trinajstić information content (AvgIpc) is 2.68. The number of hydrogen-bond donors (Lipinski definition) is 2. The molecule has 0 saturated heterocycles. The van der Waals surface area contributed by atoms with Crippen LogP contribution in [-0.4, -0.2) is 30.8 Å². The third kappa shape index (κ3) is 8.56. The van der Waals surface area contributed by atoms with Crippen LogP contribution in [0, 0.1) is 0 Å². The third-order valence-corrected chi connectivity index (χ3v) is 4.35. The maximum absolute atomic E-state index is 10.5. The van der Waals surface area contributed by atoms with Crippen LogP contribution in [-0.2, 0) is 11.2 Å². The third-order valence-electron chi connectivity index (χ3n) is 4.35. The first kappa shape index (κ1) is 20.7. The quantitative estimate of drug-likeness (QED) is 0.540. The van der Waals surface area contributed by atoms with E-state index < -0.39 is 5.97 Å². The van der Waals surface area contributed by atoms with Gasteiger partial charge in [-0.1, -0.05) is 48.5 Å². The summed E-state index contributed by atoms with van der Waals surface area (Å²) in [6, 6.07) is 18.7. The first-order valence-electron chi connectivity index (χ1n) is 9.51. The smallest absolute Gasteiger partial charge is 0.304 e. The van der Waals surface area contributed by atoms with E-state index in [1.54, 1.807) is 0 Å². The molecular weight excluding hydrogens is 338 g/mol. The van der Waals surface area contributed by atoms with E-state index in [1.165, 1.54) is 5.56 Å². The monoisotopic (exact) mass is 367 g/mol. The van der Waals surface area contributed by atoms with Crippen molar-refractivity contribution in [1.29, 1.82) is 0 Å². The van der Waals surface area contributed by atoms with Gasteiger partial charge in [0, 0.05) is 13.1 Å². The Morgan fingerprint density at radius 2 is 1.81 bits per heavy atom. The zero-order valence-corrected chi connectivity index (χ0v) is 16.0. The Labute approximate surface area is 161 Å². The summed E-state index contributed by atoms with van der Waals surface area (Å²) in [5.74, 6) is 0.115. The lowest BCUT2D eigenvalue weighted by Crippen LogP contribution is -2.18. The van der Waals surface area contributed by atoms with Crippen molar-refractivity contribution >= 4 is 11.5 Å². The summed E-state index contributed by atoms with van der Waals surface area (Å²) < 4.78 is 5.83. The van der Waals surface area contributed by atoms with Gasteiger partial charge in [-0.3, -0.25) is 4.79 Å². The molecule has 0 atom stereocenters. The van der Waals surface area contributed by atoms with Crippen molar-refractivity contribution in [3.8, 4) is 5.75 Å². The summed E-state index contributed by atoms with van der Waals surface area (Å²) in [5, 5.41) is 11.7. The van der Waals surface area contributed by atoms with Crippen LogP contribution in [0.4, 0.5) is 0 Å². The zero-order chi connectivity index (χ0) is 19.3. The molecule has 27 heavy (non-hydrogen) atoms. The number of benzene rings is 2. The molecule has 0 aliphatic carbocycles. The van der Waals surface area contributed by atoms with Gasteiger partial charge >= 0.3 is 5.97 Å². The summed E-state index contributed by atoms with van der Waals surface area (Å²) in [6.07, 6.45) is 5.47. The van der Waals surface area contributed by atoms with E-state index in [1.807, 2.05) is 18.2 Å². The normalized spacial score (nSPS) is 11.4. The van der Waals surface area contributed by atoms with Gasteiger partial charge in [-0.2, -0.15) is 0 Å². The van der Waals surface area contributed by atoms with Crippen LogP contribution in [0.15, 0.2) is 60.7 Å². The molecule has 0 aliphatic rings. The maximum Gasteiger partial charge on any atom is 0.304 e. The number of ether oxygens (including phenoxy) is 1. The summed E-state index contributed by atoms with van der Waals surface area (Å²) in [6.45, 7) is 3.93.